The summed E-state index contributed by atoms with van der Waals surface area (Å²) in [6.45, 7) is 6.72. The Hall–Kier alpha value is -2.21. The molecule has 0 aliphatic heterocycles. The van der Waals surface area contributed by atoms with Crippen molar-refractivity contribution in [3.8, 4) is 11.3 Å². The normalized spacial score (nSPS) is 13.0. The first-order chi connectivity index (χ1) is 15.1. The quantitative estimate of drug-likeness (QED) is 0.249. The van der Waals surface area contributed by atoms with E-state index < -0.39 is 24.7 Å². The minimum Gasteiger partial charge on any atom is -0.395 e. The van der Waals surface area contributed by atoms with Crippen LogP contribution in [0.3, 0.4) is 0 Å². The summed E-state index contributed by atoms with van der Waals surface area (Å²) in [4.78, 5) is 15.6. The first-order valence-electron chi connectivity index (χ1n) is 10.4. The maximum Gasteiger partial charge on any atom is 0.250 e. The number of aliphatic hydroxyl groups excluding tert-OH is 1. The van der Waals surface area contributed by atoms with Crippen LogP contribution < -0.4 is 10.2 Å². The van der Waals surface area contributed by atoms with Gasteiger partial charge >= 0.3 is 0 Å². The molecule has 1 aromatic carbocycles. The highest BCUT2D eigenvalue weighted by Gasteiger charge is 2.25. The number of nitrogens with zero attached hydrogens (tertiary/aromatic N) is 4. The largest absolute Gasteiger partial charge is 0.395 e. The Morgan fingerprint density at radius 1 is 1.28 bits per heavy atom. The van der Waals surface area contributed by atoms with Crippen molar-refractivity contribution in [2.45, 2.75) is 43.7 Å². The lowest BCUT2D eigenvalue weighted by Crippen LogP contribution is -2.19. The van der Waals surface area contributed by atoms with Gasteiger partial charge in [0.05, 0.1) is 16.5 Å². The molecule has 174 valence electrons. The zero-order chi connectivity index (χ0) is 23.5. The van der Waals surface area contributed by atoms with Gasteiger partial charge in [0.15, 0.2) is 0 Å². The summed E-state index contributed by atoms with van der Waals surface area (Å²) in [6.07, 6.45) is 1.22. The monoisotopic (exact) mass is 497 g/mol. The fourth-order valence-corrected chi connectivity index (χ4v) is 4.80. The van der Waals surface area contributed by atoms with E-state index in [1.54, 1.807) is 13.0 Å². The molecule has 3 rings (SSSR count). The van der Waals surface area contributed by atoms with Crippen LogP contribution in [0, 0.1) is 0 Å². The SMILES string of the molecule is C[C@H](O)CNc1nc(S(C)(=O)=O)nc2c1c(-c1ccccc1Cl)nn2OCCC[SiH](C)C. The van der Waals surface area contributed by atoms with Gasteiger partial charge in [-0.2, -0.15) is 4.98 Å². The number of hydrogen-bond acceptors (Lipinski definition) is 8. The van der Waals surface area contributed by atoms with E-state index in [0.29, 0.717) is 28.3 Å². The lowest BCUT2D eigenvalue weighted by molar-refractivity contribution is 0.0913. The fourth-order valence-electron chi connectivity index (χ4n) is 3.09. The summed E-state index contributed by atoms with van der Waals surface area (Å²) >= 11 is 6.43. The van der Waals surface area contributed by atoms with E-state index >= 15 is 0 Å². The number of fused-ring (bicyclic) bond motifs is 1. The predicted molar refractivity (Wildman–Crippen MR) is 129 cm³/mol. The van der Waals surface area contributed by atoms with Gasteiger partial charge in [-0.15, -0.1) is 5.10 Å². The molecule has 0 unspecified atom stereocenters. The molecule has 1 atom stereocenters. The van der Waals surface area contributed by atoms with Crippen LogP contribution in [0.2, 0.25) is 24.2 Å². The molecular formula is C20H28ClN5O4SSi. The number of aromatic nitrogens is 4. The zero-order valence-corrected chi connectivity index (χ0v) is 21.3. The number of anilines is 1. The van der Waals surface area contributed by atoms with E-state index in [2.05, 4.69) is 33.5 Å². The topological polar surface area (TPSA) is 119 Å². The number of aliphatic hydroxyl groups is 1. The van der Waals surface area contributed by atoms with E-state index in [9.17, 15) is 13.5 Å². The van der Waals surface area contributed by atoms with Gasteiger partial charge in [0, 0.05) is 27.2 Å². The van der Waals surface area contributed by atoms with Crippen LogP contribution >= 0.6 is 11.6 Å². The van der Waals surface area contributed by atoms with Crippen molar-refractivity contribution < 1.29 is 18.4 Å². The number of hydrogen-bond donors (Lipinski definition) is 2. The predicted octanol–water partition coefficient (Wildman–Crippen LogP) is 2.65. The number of rotatable bonds is 10. The van der Waals surface area contributed by atoms with Crippen molar-refractivity contribution in [2.75, 3.05) is 24.7 Å². The first-order valence-corrected chi connectivity index (χ1v) is 15.8. The van der Waals surface area contributed by atoms with E-state index in [1.807, 2.05) is 18.2 Å². The fraction of sp³-hybridized carbons (Fsp3) is 0.450. The minimum atomic E-state index is -3.71. The molecule has 0 saturated heterocycles. The molecule has 0 saturated carbocycles. The molecule has 0 aliphatic rings. The molecule has 0 aliphatic carbocycles. The summed E-state index contributed by atoms with van der Waals surface area (Å²) in [5.74, 6) is 0.232. The van der Waals surface area contributed by atoms with Crippen LogP contribution in [0.25, 0.3) is 22.3 Å². The zero-order valence-electron chi connectivity index (χ0n) is 18.5. The number of sulfone groups is 1. The lowest BCUT2D eigenvalue weighted by Gasteiger charge is -2.11. The van der Waals surface area contributed by atoms with E-state index in [1.165, 1.54) is 4.85 Å². The average Bonchev–Trinajstić information content (AvgIpc) is 3.07. The van der Waals surface area contributed by atoms with Gasteiger partial charge in [-0.25, -0.2) is 13.4 Å². The first kappa shape index (κ1) is 24.4. The highest BCUT2D eigenvalue weighted by atomic mass is 35.5. The maximum absolute atomic E-state index is 12.3. The van der Waals surface area contributed by atoms with E-state index in [-0.39, 0.29) is 23.2 Å². The molecule has 0 spiro atoms. The second-order valence-electron chi connectivity index (χ2n) is 8.13. The van der Waals surface area contributed by atoms with Crippen molar-refractivity contribution in [1.29, 1.82) is 0 Å². The number of benzene rings is 1. The molecule has 12 heteroatoms. The number of halogens is 1. The Balaban J connectivity index is 2.21. The Morgan fingerprint density at radius 2 is 2.00 bits per heavy atom. The molecule has 2 aromatic heterocycles. The molecule has 9 nitrogen and oxygen atoms in total. The summed E-state index contributed by atoms with van der Waals surface area (Å²) in [5, 5.41) is 17.9. The van der Waals surface area contributed by atoms with Crippen molar-refractivity contribution in [3.05, 3.63) is 29.3 Å². The molecule has 0 fully saturated rings. The van der Waals surface area contributed by atoms with E-state index in [0.717, 1.165) is 18.7 Å². The van der Waals surface area contributed by atoms with Crippen LogP contribution in [0.15, 0.2) is 29.4 Å². The Kier molecular flexibility index (Phi) is 7.75. The van der Waals surface area contributed by atoms with E-state index in [4.69, 9.17) is 16.4 Å². The smallest absolute Gasteiger partial charge is 0.250 e. The molecule has 2 N–H and O–H groups in total. The van der Waals surface area contributed by atoms with Gasteiger partial charge in [-0.05, 0) is 19.4 Å². The highest BCUT2D eigenvalue weighted by Crippen LogP contribution is 2.35. The summed E-state index contributed by atoms with van der Waals surface area (Å²) in [5.41, 5.74) is 1.30. The third-order valence-corrected chi connectivity index (χ3v) is 7.38. The summed E-state index contributed by atoms with van der Waals surface area (Å²) < 4.78 is 24.5. The van der Waals surface area contributed by atoms with Gasteiger partial charge in [0.2, 0.25) is 15.5 Å². The van der Waals surface area contributed by atoms with Gasteiger partial charge in [-0.1, -0.05) is 53.8 Å². The van der Waals surface area contributed by atoms with Gasteiger partial charge < -0.3 is 15.3 Å². The average molecular weight is 498 g/mol. The summed E-state index contributed by atoms with van der Waals surface area (Å²) in [6, 6.07) is 8.30. The third-order valence-electron chi connectivity index (χ3n) is 4.64. The van der Waals surface area contributed by atoms with Crippen LogP contribution in [-0.4, -0.2) is 67.7 Å². The van der Waals surface area contributed by atoms with Crippen LogP contribution in [0.1, 0.15) is 13.3 Å². The van der Waals surface area contributed by atoms with Crippen molar-refractivity contribution in [1.82, 2.24) is 19.9 Å². The lowest BCUT2D eigenvalue weighted by atomic mass is 10.1. The van der Waals surface area contributed by atoms with Crippen LogP contribution in [-0.2, 0) is 9.84 Å². The standard InChI is InChI=1S/C20H28ClN5O4SSi/c1-13(27)12-22-18-16-17(14-8-5-6-9-15(14)21)25-26(30-10-7-11-32(3)4)19(16)24-20(23-18)31(2,28)29/h5-6,8-9,13,27,32H,7,10-12H2,1-4H3,(H,22,23,24)/t13-/m0/s1. The highest BCUT2D eigenvalue weighted by molar-refractivity contribution is 7.90. The third kappa shape index (κ3) is 5.77. The van der Waals surface area contributed by atoms with Crippen molar-refractivity contribution in [2.24, 2.45) is 0 Å². The van der Waals surface area contributed by atoms with Gasteiger partial charge in [0.25, 0.3) is 5.16 Å². The maximum atomic E-state index is 12.3. The molecule has 0 bridgehead atoms. The Bertz CT molecular complexity index is 1200. The van der Waals surface area contributed by atoms with Crippen LogP contribution in [0.4, 0.5) is 5.82 Å². The van der Waals surface area contributed by atoms with Crippen molar-refractivity contribution >= 4 is 47.1 Å². The van der Waals surface area contributed by atoms with Gasteiger partial charge in [0.1, 0.15) is 18.1 Å². The Labute approximate surface area is 194 Å². The second kappa shape index (κ2) is 10.2. The Morgan fingerprint density at radius 3 is 2.62 bits per heavy atom. The van der Waals surface area contributed by atoms with Crippen LogP contribution in [0.5, 0.6) is 0 Å². The van der Waals surface area contributed by atoms with Gasteiger partial charge in [-0.3, -0.25) is 0 Å². The minimum absolute atomic E-state index is 0.155. The molecule has 0 amide bonds. The summed E-state index contributed by atoms with van der Waals surface area (Å²) in [7, 11) is -4.43. The molecular weight excluding hydrogens is 470 g/mol. The molecule has 2 heterocycles. The molecule has 0 radical (unpaired) electrons. The molecule has 32 heavy (non-hydrogen) atoms. The van der Waals surface area contributed by atoms with Crippen molar-refractivity contribution in [3.63, 3.8) is 0 Å². The molecule has 3 aromatic rings. The second-order valence-corrected chi connectivity index (χ2v) is 13.8. The number of nitrogens with one attached hydrogen (secondary N) is 1.